The second-order valence-corrected chi connectivity index (χ2v) is 8.30. The number of nitrogens with zero attached hydrogens (tertiary/aromatic N) is 1. The third-order valence-electron chi connectivity index (χ3n) is 5.91. The van der Waals surface area contributed by atoms with Crippen LogP contribution in [0.2, 0.25) is 0 Å². The van der Waals surface area contributed by atoms with E-state index in [4.69, 9.17) is 9.47 Å². The molecular formula is C25H36N2O3. The molecule has 0 saturated carbocycles. The number of fused-ring (bicyclic) bond motifs is 1. The van der Waals surface area contributed by atoms with Crippen molar-refractivity contribution in [2.45, 2.75) is 58.5 Å². The summed E-state index contributed by atoms with van der Waals surface area (Å²) in [6, 6.07) is 10.6. The van der Waals surface area contributed by atoms with E-state index in [1.165, 1.54) is 0 Å². The number of amides is 1. The third-order valence-corrected chi connectivity index (χ3v) is 5.91. The van der Waals surface area contributed by atoms with Gasteiger partial charge in [-0.2, -0.15) is 0 Å². The number of hydrogen-bond acceptors (Lipinski definition) is 4. The summed E-state index contributed by atoms with van der Waals surface area (Å²) >= 11 is 0. The molecule has 3 rings (SSSR count). The minimum Gasteiger partial charge on any atom is -0.493 e. The van der Waals surface area contributed by atoms with Gasteiger partial charge in [-0.15, -0.1) is 0 Å². The number of hydrogen-bond donors (Lipinski definition) is 1. The molecule has 30 heavy (non-hydrogen) atoms. The maximum Gasteiger partial charge on any atom is 0.254 e. The lowest BCUT2D eigenvalue weighted by atomic mass is 9.94. The molecule has 0 aromatic heterocycles. The minimum absolute atomic E-state index is 0.114. The van der Waals surface area contributed by atoms with Gasteiger partial charge in [0.2, 0.25) is 0 Å². The minimum atomic E-state index is 0.114. The fourth-order valence-corrected chi connectivity index (χ4v) is 4.51. The summed E-state index contributed by atoms with van der Waals surface area (Å²) < 4.78 is 11.3. The maximum absolute atomic E-state index is 13.9. The summed E-state index contributed by atoms with van der Waals surface area (Å²) in [5.41, 5.74) is 1.88. The number of aryl methyl sites for hydroxylation is 1. The number of benzene rings is 2. The lowest BCUT2D eigenvalue weighted by Crippen LogP contribution is -2.51. The fourth-order valence-electron chi connectivity index (χ4n) is 4.51. The molecule has 0 aliphatic carbocycles. The summed E-state index contributed by atoms with van der Waals surface area (Å²) in [6.07, 6.45) is 3.77. The van der Waals surface area contributed by atoms with Gasteiger partial charge in [-0.3, -0.25) is 4.79 Å². The van der Waals surface area contributed by atoms with E-state index in [-0.39, 0.29) is 18.0 Å². The van der Waals surface area contributed by atoms with Crippen LogP contribution in [0.5, 0.6) is 5.75 Å². The van der Waals surface area contributed by atoms with E-state index in [1.54, 1.807) is 7.11 Å². The van der Waals surface area contributed by atoms with Crippen LogP contribution in [0, 0.1) is 0 Å². The number of rotatable bonds is 9. The van der Waals surface area contributed by atoms with Crippen LogP contribution in [0.15, 0.2) is 30.3 Å². The van der Waals surface area contributed by atoms with Crippen molar-refractivity contribution >= 4 is 16.7 Å². The molecule has 1 N–H and O–H groups in total. The Balaban J connectivity index is 2.02. The third kappa shape index (κ3) is 4.96. The van der Waals surface area contributed by atoms with Crippen LogP contribution in [0.3, 0.4) is 0 Å². The van der Waals surface area contributed by atoms with E-state index in [1.807, 2.05) is 18.2 Å². The van der Waals surface area contributed by atoms with Gasteiger partial charge in [-0.1, -0.05) is 31.2 Å². The molecule has 5 heteroatoms. The second kappa shape index (κ2) is 10.8. The van der Waals surface area contributed by atoms with Crippen molar-refractivity contribution in [3.8, 4) is 5.75 Å². The molecule has 1 heterocycles. The van der Waals surface area contributed by atoms with Crippen LogP contribution in [0.4, 0.5) is 0 Å². The summed E-state index contributed by atoms with van der Waals surface area (Å²) in [5, 5.41) is 5.63. The first-order valence-electron chi connectivity index (χ1n) is 11.3. The predicted octanol–water partition coefficient (Wildman–Crippen LogP) is 4.42. The van der Waals surface area contributed by atoms with E-state index in [0.717, 1.165) is 66.4 Å². The molecule has 164 valence electrons. The lowest BCUT2D eigenvalue weighted by Gasteiger charge is -2.38. The molecule has 1 aliphatic heterocycles. The van der Waals surface area contributed by atoms with Crippen molar-refractivity contribution in [1.82, 2.24) is 10.2 Å². The molecule has 1 saturated heterocycles. The monoisotopic (exact) mass is 412 g/mol. The van der Waals surface area contributed by atoms with Gasteiger partial charge in [-0.25, -0.2) is 0 Å². The molecule has 1 fully saturated rings. The number of ether oxygens (including phenoxy) is 2. The first-order valence-corrected chi connectivity index (χ1v) is 11.3. The number of piperidine rings is 1. The van der Waals surface area contributed by atoms with Gasteiger partial charge in [-0.05, 0) is 56.7 Å². The number of methoxy groups -OCH3 is 1. The Bertz CT molecular complexity index is 844. The van der Waals surface area contributed by atoms with E-state index < -0.39 is 0 Å². The zero-order valence-corrected chi connectivity index (χ0v) is 18.9. The standard InChI is InChI=1S/C25H36N2O3/c1-5-20-21-11-6-7-12-22(21)24(30-15-9-14-29-4)16-23(20)25(28)27(18(2)3)19-10-8-13-26-17-19/h6-7,11-12,16,18-19,26H,5,8-10,13-15,17H2,1-4H3/t19-/m1/s1. The average molecular weight is 413 g/mol. The Morgan fingerprint density at radius 3 is 2.63 bits per heavy atom. The van der Waals surface area contributed by atoms with Crippen molar-refractivity contribution in [3.63, 3.8) is 0 Å². The number of carbonyl (C=O) groups excluding carboxylic acids is 1. The Morgan fingerprint density at radius 2 is 2.00 bits per heavy atom. The molecule has 2 aromatic carbocycles. The molecule has 1 atom stereocenters. The largest absolute Gasteiger partial charge is 0.493 e. The molecule has 1 amide bonds. The van der Waals surface area contributed by atoms with Crippen LogP contribution in [-0.4, -0.2) is 56.3 Å². The smallest absolute Gasteiger partial charge is 0.254 e. The second-order valence-electron chi connectivity index (χ2n) is 8.30. The molecule has 0 bridgehead atoms. The molecule has 0 spiro atoms. The topological polar surface area (TPSA) is 50.8 Å². The highest BCUT2D eigenvalue weighted by molar-refractivity contribution is 6.04. The normalized spacial score (nSPS) is 16.8. The summed E-state index contributed by atoms with van der Waals surface area (Å²) in [5.74, 6) is 0.899. The van der Waals surface area contributed by atoms with Gasteiger partial charge >= 0.3 is 0 Å². The van der Waals surface area contributed by atoms with Crippen molar-refractivity contribution in [3.05, 3.63) is 41.5 Å². The van der Waals surface area contributed by atoms with E-state index >= 15 is 0 Å². The summed E-state index contributed by atoms with van der Waals surface area (Å²) in [7, 11) is 1.70. The molecule has 5 nitrogen and oxygen atoms in total. The van der Waals surface area contributed by atoms with Gasteiger partial charge in [0, 0.05) is 49.7 Å². The molecule has 1 aliphatic rings. The molecule has 0 radical (unpaired) electrons. The van der Waals surface area contributed by atoms with Crippen LogP contribution in [0.25, 0.3) is 10.8 Å². The van der Waals surface area contributed by atoms with Gasteiger partial charge in [0.15, 0.2) is 0 Å². The summed E-state index contributed by atoms with van der Waals surface area (Å²) in [6.45, 7) is 9.47. The van der Waals surface area contributed by atoms with E-state index in [2.05, 4.69) is 43.1 Å². The maximum atomic E-state index is 13.9. The highest BCUT2D eigenvalue weighted by atomic mass is 16.5. The first kappa shape index (κ1) is 22.6. The fraction of sp³-hybridized carbons (Fsp3) is 0.560. The molecule has 0 unspecified atom stereocenters. The zero-order chi connectivity index (χ0) is 21.5. The summed E-state index contributed by atoms with van der Waals surface area (Å²) in [4.78, 5) is 15.9. The number of nitrogens with one attached hydrogen (secondary N) is 1. The van der Waals surface area contributed by atoms with Gasteiger partial charge in [0.1, 0.15) is 5.75 Å². The highest BCUT2D eigenvalue weighted by Gasteiger charge is 2.30. The first-order chi connectivity index (χ1) is 14.6. The number of carbonyl (C=O) groups is 1. The van der Waals surface area contributed by atoms with Crippen LogP contribution in [-0.2, 0) is 11.2 Å². The Labute approximate surface area is 180 Å². The lowest BCUT2D eigenvalue weighted by molar-refractivity contribution is 0.0572. The SMILES string of the molecule is CCc1c(C(=O)N(C(C)C)[C@@H]2CCCNC2)cc(OCCCOC)c2ccccc12. The van der Waals surface area contributed by atoms with Gasteiger partial charge < -0.3 is 19.7 Å². The average Bonchev–Trinajstić information content (AvgIpc) is 2.76. The van der Waals surface area contributed by atoms with E-state index in [0.29, 0.717) is 13.2 Å². The Kier molecular flexibility index (Phi) is 8.11. The van der Waals surface area contributed by atoms with Crippen molar-refractivity contribution < 1.29 is 14.3 Å². The molecular weight excluding hydrogens is 376 g/mol. The van der Waals surface area contributed by atoms with Crippen molar-refractivity contribution in [2.75, 3.05) is 33.4 Å². The molecule has 2 aromatic rings. The Morgan fingerprint density at radius 1 is 1.23 bits per heavy atom. The Hall–Kier alpha value is -2.11. The van der Waals surface area contributed by atoms with Gasteiger partial charge in [0.05, 0.1) is 6.61 Å². The van der Waals surface area contributed by atoms with Crippen LogP contribution in [0.1, 0.15) is 56.0 Å². The zero-order valence-electron chi connectivity index (χ0n) is 18.9. The van der Waals surface area contributed by atoms with Crippen molar-refractivity contribution in [2.24, 2.45) is 0 Å². The quantitative estimate of drug-likeness (QED) is 0.620. The van der Waals surface area contributed by atoms with E-state index in [9.17, 15) is 4.79 Å². The van der Waals surface area contributed by atoms with Crippen molar-refractivity contribution in [1.29, 1.82) is 0 Å². The van der Waals surface area contributed by atoms with Crippen LogP contribution >= 0.6 is 0 Å². The highest BCUT2D eigenvalue weighted by Crippen LogP contribution is 2.34. The van der Waals surface area contributed by atoms with Crippen LogP contribution < -0.4 is 10.1 Å². The predicted molar refractivity (Wildman–Crippen MR) is 123 cm³/mol. The van der Waals surface area contributed by atoms with Gasteiger partial charge in [0.25, 0.3) is 5.91 Å².